The number of carbonyl (C=O) groups is 1. The molecule has 0 unspecified atom stereocenters. The van der Waals surface area contributed by atoms with E-state index in [1.165, 1.54) is 5.56 Å². The summed E-state index contributed by atoms with van der Waals surface area (Å²) in [5, 5.41) is 0. The van der Waals surface area contributed by atoms with Gasteiger partial charge in [0.15, 0.2) is 5.78 Å². The van der Waals surface area contributed by atoms with Gasteiger partial charge in [0.2, 0.25) is 0 Å². The van der Waals surface area contributed by atoms with Crippen molar-refractivity contribution in [1.29, 1.82) is 0 Å². The van der Waals surface area contributed by atoms with E-state index in [0.717, 1.165) is 16.7 Å². The maximum Gasteiger partial charge on any atom is 0.160 e. The predicted molar refractivity (Wildman–Crippen MR) is 76.2 cm³/mol. The SMILES string of the molecule is CC(=O)C(=Cc1ccccc1)c1ccc(C)cc1. The van der Waals surface area contributed by atoms with Crippen LogP contribution in [0.3, 0.4) is 0 Å². The fraction of sp³-hybridized carbons (Fsp3) is 0.118. The summed E-state index contributed by atoms with van der Waals surface area (Å²) in [6.45, 7) is 3.65. The Morgan fingerprint density at radius 2 is 1.56 bits per heavy atom. The van der Waals surface area contributed by atoms with E-state index in [0.29, 0.717) is 0 Å². The van der Waals surface area contributed by atoms with Gasteiger partial charge in [-0.25, -0.2) is 0 Å². The molecule has 0 N–H and O–H groups in total. The van der Waals surface area contributed by atoms with Crippen LogP contribution in [0.15, 0.2) is 54.6 Å². The fourth-order valence-corrected chi connectivity index (χ4v) is 1.84. The van der Waals surface area contributed by atoms with E-state index in [-0.39, 0.29) is 5.78 Å². The van der Waals surface area contributed by atoms with Crippen LogP contribution in [-0.2, 0) is 4.79 Å². The minimum absolute atomic E-state index is 0.0858. The average Bonchev–Trinajstić information content (AvgIpc) is 2.38. The summed E-state index contributed by atoms with van der Waals surface area (Å²) in [4.78, 5) is 11.8. The van der Waals surface area contributed by atoms with Crippen molar-refractivity contribution in [1.82, 2.24) is 0 Å². The van der Waals surface area contributed by atoms with Gasteiger partial charge in [-0.1, -0.05) is 60.2 Å². The summed E-state index contributed by atoms with van der Waals surface area (Å²) in [5.74, 6) is 0.0858. The number of aryl methyl sites for hydroxylation is 1. The lowest BCUT2D eigenvalue weighted by Crippen LogP contribution is -1.96. The van der Waals surface area contributed by atoms with E-state index in [9.17, 15) is 4.79 Å². The summed E-state index contributed by atoms with van der Waals surface area (Å²) in [7, 11) is 0. The minimum atomic E-state index is 0.0858. The van der Waals surface area contributed by atoms with Gasteiger partial charge in [0.25, 0.3) is 0 Å². The molecule has 0 saturated heterocycles. The molecular weight excluding hydrogens is 220 g/mol. The molecule has 0 saturated carbocycles. The zero-order valence-corrected chi connectivity index (χ0v) is 10.7. The molecule has 0 aliphatic heterocycles. The molecule has 0 aliphatic rings. The highest BCUT2D eigenvalue weighted by molar-refractivity contribution is 6.24. The van der Waals surface area contributed by atoms with Crippen LogP contribution in [0.1, 0.15) is 23.6 Å². The average molecular weight is 236 g/mol. The monoisotopic (exact) mass is 236 g/mol. The lowest BCUT2D eigenvalue weighted by atomic mass is 9.99. The van der Waals surface area contributed by atoms with E-state index in [4.69, 9.17) is 0 Å². The van der Waals surface area contributed by atoms with E-state index in [1.807, 2.05) is 67.6 Å². The van der Waals surface area contributed by atoms with Crippen molar-refractivity contribution in [2.24, 2.45) is 0 Å². The van der Waals surface area contributed by atoms with Crippen LogP contribution >= 0.6 is 0 Å². The first-order valence-corrected chi connectivity index (χ1v) is 6.01. The van der Waals surface area contributed by atoms with Gasteiger partial charge < -0.3 is 0 Å². The Morgan fingerprint density at radius 1 is 0.944 bits per heavy atom. The maximum absolute atomic E-state index is 11.8. The zero-order chi connectivity index (χ0) is 13.0. The lowest BCUT2D eigenvalue weighted by Gasteiger charge is -2.05. The van der Waals surface area contributed by atoms with E-state index in [1.54, 1.807) is 6.92 Å². The molecule has 0 bridgehead atoms. The second kappa shape index (κ2) is 5.46. The highest BCUT2D eigenvalue weighted by Crippen LogP contribution is 2.19. The molecule has 18 heavy (non-hydrogen) atoms. The Morgan fingerprint density at radius 3 is 2.11 bits per heavy atom. The van der Waals surface area contributed by atoms with Gasteiger partial charge in [-0.3, -0.25) is 4.79 Å². The van der Waals surface area contributed by atoms with Gasteiger partial charge >= 0.3 is 0 Å². The van der Waals surface area contributed by atoms with Crippen LogP contribution in [0.4, 0.5) is 0 Å². The summed E-state index contributed by atoms with van der Waals surface area (Å²) < 4.78 is 0. The van der Waals surface area contributed by atoms with Gasteiger partial charge in [0.1, 0.15) is 0 Å². The maximum atomic E-state index is 11.8. The molecule has 1 nitrogen and oxygen atoms in total. The van der Waals surface area contributed by atoms with Crippen molar-refractivity contribution in [3.8, 4) is 0 Å². The van der Waals surface area contributed by atoms with Crippen molar-refractivity contribution in [3.05, 3.63) is 71.3 Å². The highest BCUT2D eigenvalue weighted by Gasteiger charge is 2.06. The Bertz CT molecular complexity index is 562. The first-order chi connectivity index (χ1) is 8.66. The quantitative estimate of drug-likeness (QED) is 0.578. The van der Waals surface area contributed by atoms with Crippen molar-refractivity contribution >= 4 is 17.4 Å². The standard InChI is InChI=1S/C17H16O/c1-13-8-10-16(11-9-13)17(14(2)18)12-15-6-4-3-5-7-15/h3-12H,1-2H3. The molecule has 90 valence electrons. The minimum Gasteiger partial charge on any atom is -0.294 e. The molecule has 2 aromatic carbocycles. The zero-order valence-electron chi connectivity index (χ0n) is 10.7. The second-order valence-corrected chi connectivity index (χ2v) is 4.39. The van der Waals surface area contributed by atoms with Crippen LogP contribution in [0, 0.1) is 6.92 Å². The van der Waals surface area contributed by atoms with Crippen LogP contribution < -0.4 is 0 Å². The third kappa shape index (κ3) is 2.95. The largest absolute Gasteiger partial charge is 0.294 e. The lowest BCUT2D eigenvalue weighted by molar-refractivity contribution is -0.111. The van der Waals surface area contributed by atoms with Crippen molar-refractivity contribution in [2.75, 3.05) is 0 Å². The molecule has 0 fully saturated rings. The normalized spacial score (nSPS) is 11.3. The molecule has 0 aliphatic carbocycles. The summed E-state index contributed by atoms with van der Waals surface area (Å²) >= 11 is 0. The van der Waals surface area contributed by atoms with Crippen LogP contribution in [0.25, 0.3) is 11.6 Å². The van der Waals surface area contributed by atoms with Gasteiger partial charge in [-0.15, -0.1) is 0 Å². The predicted octanol–water partition coefficient (Wildman–Crippen LogP) is 4.12. The Hall–Kier alpha value is -2.15. The first-order valence-electron chi connectivity index (χ1n) is 6.01. The topological polar surface area (TPSA) is 17.1 Å². The Kier molecular flexibility index (Phi) is 3.73. The van der Waals surface area contributed by atoms with Gasteiger partial charge in [-0.2, -0.15) is 0 Å². The number of hydrogen-bond acceptors (Lipinski definition) is 1. The molecule has 0 radical (unpaired) electrons. The van der Waals surface area contributed by atoms with Crippen LogP contribution in [0.2, 0.25) is 0 Å². The molecule has 0 amide bonds. The fourth-order valence-electron chi connectivity index (χ4n) is 1.84. The van der Waals surface area contributed by atoms with Gasteiger partial charge in [0.05, 0.1) is 0 Å². The van der Waals surface area contributed by atoms with Crippen molar-refractivity contribution in [2.45, 2.75) is 13.8 Å². The number of benzene rings is 2. The third-order valence-electron chi connectivity index (χ3n) is 2.85. The molecule has 1 heteroatoms. The molecule has 0 atom stereocenters. The van der Waals surface area contributed by atoms with E-state index < -0.39 is 0 Å². The van der Waals surface area contributed by atoms with Gasteiger partial charge in [0, 0.05) is 5.57 Å². The number of ketones is 1. The second-order valence-electron chi connectivity index (χ2n) is 4.39. The van der Waals surface area contributed by atoms with Crippen molar-refractivity contribution < 1.29 is 4.79 Å². The molecule has 2 aromatic rings. The third-order valence-corrected chi connectivity index (χ3v) is 2.85. The molecular formula is C17H16O. The number of hydrogen-bond donors (Lipinski definition) is 0. The van der Waals surface area contributed by atoms with Crippen LogP contribution in [-0.4, -0.2) is 5.78 Å². The summed E-state index contributed by atoms with van der Waals surface area (Å²) in [5.41, 5.74) is 3.96. The molecule has 0 heterocycles. The smallest absolute Gasteiger partial charge is 0.160 e. The van der Waals surface area contributed by atoms with Crippen LogP contribution in [0.5, 0.6) is 0 Å². The Labute approximate surface area is 108 Å². The number of carbonyl (C=O) groups excluding carboxylic acids is 1. The Balaban J connectivity index is 2.44. The number of allylic oxidation sites excluding steroid dienone is 1. The number of rotatable bonds is 3. The highest BCUT2D eigenvalue weighted by atomic mass is 16.1. The molecule has 0 aromatic heterocycles. The molecule has 0 spiro atoms. The molecule has 2 rings (SSSR count). The van der Waals surface area contributed by atoms with E-state index in [2.05, 4.69) is 0 Å². The number of Topliss-reactive ketones (excluding diaryl/α,β-unsaturated/α-hetero) is 1. The summed E-state index contributed by atoms with van der Waals surface area (Å²) in [6.07, 6.45) is 1.94. The van der Waals surface area contributed by atoms with E-state index >= 15 is 0 Å². The first kappa shape index (κ1) is 12.3. The van der Waals surface area contributed by atoms with Crippen molar-refractivity contribution in [3.63, 3.8) is 0 Å². The van der Waals surface area contributed by atoms with Gasteiger partial charge in [-0.05, 0) is 31.1 Å². The summed E-state index contributed by atoms with van der Waals surface area (Å²) in [6, 6.07) is 17.9.